The number of pyridine rings is 3. The number of hydrogen-bond acceptors (Lipinski definition) is 8. The van der Waals surface area contributed by atoms with Crippen LogP contribution in [0.1, 0.15) is 16.1 Å². The van der Waals surface area contributed by atoms with E-state index in [0.717, 1.165) is 14.1 Å². The van der Waals surface area contributed by atoms with Crippen LogP contribution < -0.4 is 14.8 Å². The molecule has 0 aromatic carbocycles. The van der Waals surface area contributed by atoms with E-state index in [9.17, 15) is 4.79 Å². The van der Waals surface area contributed by atoms with E-state index >= 15 is 0 Å². The third-order valence-corrected chi connectivity index (χ3v) is 5.93. The normalized spacial score (nSPS) is 10.6. The van der Waals surface area contributed by atoms with Crippen LogP contribution in [0.25, 0.3) is 21.8 Å². The summed E-state index contributed by atoms with van der Waals surface area (Å²) in [5, 5.41) is 5.52. The van der Waals surface area contributed by atoms with Gasteiger partial charge in [0.1, 0.15) is 5.01 Å². The zero-order valence-electron chi connectivity index (χ0n) is 17.2. The zero-order valence-corrected chi connectivity index (χ0v) is 20.2. The quantitative estimate of drug-likeness (QED) is 0.339. The minimum absolute atomic E-state index is 0.221. The van der Waals surface area contributed by atoms with E-state index in [1.54, 1.807) is 50.1 Å². The smallest absolute Gasteiger partial charge is 0.257 e. The Morgan fingerprint density at radius 2 is 2.00 bits per heavy atom. The van der Waals surface area contributed by atoms with Crippen molar-refractivity contribution in [2.24, 2.45) is 0 Å². The van der Waals surface area contributed by atoms with Crippen LogP contribution in [0, 0.1) is 3.57 Å². The van der Waals surface area contributed by atoms with E-state index in [-0.39, 0.29) is 12.5 Å². The Balaban J connectivity index is 1.64. The molecule has 4 aromatic rings. The largest absolute Gasteiger partial charge is 0.491 e. The molecule has 32 heavy (non-hydrogen) atoms. The second-order valence-electron chi connectivity index (χ2n) is 6.54. The molecule has 0 saturated carbocycles. The molecule has 0 radical (unpaired) electrons. The molecule has 0 fully saturated rings. The van der Waals surface area contributed by atoms with Crippen LogP contribution in [0.5, 0.6) is 11.6 Å². The molecule has 0 aliphatic rings. The van der Waals surface area contributed by atoms with Gasteiger partial charge in [-0.3, -0.25) is 14.8 Å². The number of carbonyl (C=O) groups is 1. The molecule has 0 aliphatic carbocycles. The molecule has 0 bridgehead atoms. The standard InChI is InChI=1S/C22H18IN5O3S/c1-30-19-4-3-15(28-21(19)31-2)11-27-20(29)16-8-18(13-7-14(23)10-24-9-13)26-12-17(16)22-25-5-6-32-22/h3-10,12H,11H2,1-2H3,(H,27,29). The van der Waals surface area contributed by atoms with Crippen molar-refractivity contribution >= 4 is 39.8 Å². The lowest BCUT2D eigenvalue weighted by Gasteiger charge is -2.12. The van der Waals surface area contributed by atoms with Gasteiger partial charge < -0.3 is 14.8 Å². The van der Waals surface area contributed by atoms with Crippen molar-refractivity contribution in [1.29, 1.82) is 0 Å². The average molecular weight is 559 g/mol. The van der Waals surface area contributed by atoms with Gasteiger partial charge in [-0.25, -0.2) is 9.97 Å². The second-order valence-corrected chi connectivity index (χ2v) is 8.68. The van der Waals surface area contributed by atoms with Crippen molar-refractivity contribution in [1.82, 2.24) is 25.3 Å². The molecule has 1 N–H and O–H groups in total. The first-order chi connectivity index (χ1) is 15.6. The lowest BCUT2D eigenvalue weighted by Crippen LogP contribution is -2.24. The Labute approximate surface area is 202 Å². The van der Waals surface area contributed by atoms with E-state index in [1.165, 1.54) is 18.4 Å². The number of amides is 1. The molecule has 162 valence electrons. The molecule has 0 aliphatic heterocycles. The van der Waals surface area contributed by atoms with Gasteiger partial charge in [0.05, 0.1) is 37.7 Å². The Hall–Kier alpha value is -3.12. The Bertz CT molecular complexity index is 1250. The molecular formula is C22H18IN5O3S. The fraction of sp³-hybridized carbons (Fsp3) is 0.136. The number of nitrogens with zero attached hydrogens (tertiary/aromatic N) is 4. The predicted octanol–water partition coefficient (Wildman–Crippen LogP) is 4.21. The fourth-order valence-corrected chi connectivity index (χ4v) is 4.17. The van der Waals surface area contributed by atoms with Crippen molar-refractivity contribution in [2.45, 2.75) is 6.54 Å². The molecule has 0 saturated heterocycles. The maximum atomic E-state index is 13.2. The van der Waals surface area contributed by atoms with Gasteiger partial charge in [0, 0.05) is 44.9 Å². The number of hydrogen-bond donors (Lipinski definition) is 1. The van der Waals surface area contributed by atoms with Crippen molar-refractivity contribution in [2.75, 3.05) is 14.2 Å². The number of halogens is 1. The van der Waals surface area contributed by atoms with Gasteiger partial charge in [0.2, 0.25) is 0 Å². The molecule has 10 heteroatoms. The van der Waals surface area contributed by atoms with Gasteiger partial charge in [0.15, 0.2) is 5.75 Å². The molecule has 4 rings (SSSR count). The summed E-state index contributed by atoms with van der Waals surface area (Å²) >= 11 is 3.64. The number of methoxy groups -OCH3 is 2. The highest BCUT2D eigenvalue weighted by atomic mass is 127. The average Bonchev–Trinajstić information content (AvgIpc) is 3.36. The topological polar surface area (TPSA) is 99.1 Å². The van der Waals surface area contributed by atoms with Gasteiger partial charge in [-0.15, -0.1) is 11.3 Å². The van der Waals surface area contributed by atoms with E-state index in [4.69, 9.17) is 9.47 Å². The summed E-state index contributed by atoms with van der Waals surface area (Å²) in [6.07, 6.45) is 6.87. The first-order valence-electron chi connectivity index (χ1n) is 9.46. The fourth-order valence-electron chi connectivity index (χ4n) is 3.01. The van der Waals surface area contributed by atoms with Crippen molar-refractivity contribution in [3.8, 4) is 33.5 Å². The Morgan fingerprint density at radius 3 is 2.72 bits per heavy atom. The summed E-state index contributed by atoms with van der Waals surface area (Å²) in [4.78, 5) is 30.7. The highest BCUT2D eigenvalue weighted by molar-refractivity contribution is 14.1. The second kappa shape index (κ2) is 10.0. The van der Waals surface area contributed by atoms with Gasteiger partial charge in [-0.2, -0.15) is 0 Å². The SMILES string of the molecule is COc1ccc(CNC(=O)c2cc(-c3cncc(I)c3)ncc2-c2nccs2)nc1OC. The van der Waals surface area contributed by atoms with E-state index < -0.39 is 0 Å². The van der Waals surface area contributed by atoms with Crippen LogP contribution in [0.3, 0.4) is 0 Å². The zero-order chi connectivity index (χ0) is 22.5. The Morgan fingerprint density at radius 1 is 1.12 bits per heavy atom. The van der Waals surface area contributed by atoms with Gasteiger partial charge in [-0.05, 0) is 46.9 Å². The van der Waals surface area contributed by atoms with Gasteiger partial charge in [0.25, 0.3) is 11.8 Å². The first kappa shape index (κ1) is 22.1. The summed E-state index contributed by atoms with van der Waals surface area (Å²) in [5.74, 6) is 0.632. The molecule has 0 spiro atoms. The van der Waals surface area contributed by atoms with Crippen LogP contribution in [-0.2, 0) is 6.54 Å². The molecule has 0 unspecified atom stereocenters. The molecule has 4 aromatic heterocycles. The monoisotopic (exact) mass is 559 g/mol. The van der Waals surface area contributed by atoms with Crippen LogP contribution in [0.4, 0.5) is 0 Å². The number of rotatable bonds is 7. The van der Waals surface area contributed by atoms with Crippen LogP contribution in [0.2, 0.25) is 0 Å². The molecule has 8 nitrogen and oxygen atoms in total. The highest BCUT2D eigenvalue weighted by Crippen LogP contribution is 2.29. The summed E-state index contributed by atoms with van der Waals surface area (Å²) in [6.45, 7) is 0.221. The lowest BCUT2D eigenvalue weighted by atomic mass is 10.1. The maximum Gasteiger partial charge on any atom is 0.257 e. The maximum absolute atomic E-state index is 13.2. The number of aromatic nitrogens is 4. The first-order valence-corrected chi connectivity index (χ1v) is 11.4. The summed E-state index contributed by atoms with van der Waals surface area (Å²) in [5.41, 5.74) is 3.27. The number of nitrogens with one attached hydrogen (secondary N) is 1. The summed E-state index contributed by atoms with van der Waals surface area (Å²) in [7, 11) is 3.07. The number of carbonyl (C=O) groups excluding carboxylic acids is 1. The third-order valence-electron chi connectivity index (χ3n) is 4.54. The number of ether oxygens (including phenoxy) is 2. The molecule has 0 atom stereocenters. The Kier molecular flexibility index (Phi) is 6.90. The molecular weight excluding hydrogens is 541 g/mol. The van der Waals surface area contributed by atoms with Gasteiger partial charge >= 0.3 is 0 Å². The van der Waals surface area contributed by atoms with Crippen LogP contribution in [-0.4, -0.2) is 40.1 Å². The van der Waals surface area contributed by atoms with Crippen LogP contribution >= 0.6 is 33.9 Å². The van der Waals surface area contributed by atoms with Crippen molar-refractivity contribution in [3.05, 3.63) is 69.3 Å². The lowest BCUT2D eigenvalue weighted by molar-refractivity contribution is 0.0951. The molecule has 4 heterocycles. The highest BCUT2D eigenvalue weighted by Gasteiger charge is 2.18. The summed E-state index contributed by atoms with van der Waals surface area (Å²) in [6, 6.07) is 7.26. The van der Waals surface area contributed by atoms with Gasteiger partial charge in [-0.1, -0.05) is 0 Å². The van der Waals surface area contributed by atoms with E-state index in [2.05, 4.69) is 47.8 Å². The minimum atomic E-state index is -0.256. The van der Waals surface area contributed by atoms with Crippen LogP contribution in [0.15, 0.2) is 54.4 Å². The predicted molar refractivity (Wildman–Crippen MR) is 130 cm³/mol. The molecule has 1 amide bonds. The van der Waals surface area contributed by atoms with Crippen molar-refractivity contribution < 1.29 is 14.3 Å². The van der Waals surface area contributed by atoms with E-state index in [1.807, 2.05) is 11.4 Å². The number of thiazole rings is 1. The van der Waals surface area contributed by atoms with Crippen molar-refractivity contribution in [3.63, 3.8) is 0 Å². The summed E-state index contributed by atoms with van der Waals surface area (Å²) < 4.78 is 11.4. The third kappa shape index (κ3) is 4.86. The minimum Gasteiger partial charge on any atom is -0.491 e. The van der Waals surface area contributed by atoms with E-state index in [0.29, 0.717) is 34.1 Å².